The number of halogens is 6. The molecule has 1 aliphatic rings. The van der Waals surface area contributed by atoms with Crippen LogP contribution in [0.4, 0.5) is 26.3 Å². The molecule has 0 amide bonds. The summed E-state index contributed by atoms with van der Waals surface area (Å²) in [6.07, 6.45) is 0. The first kappa shape index (κ1) is 20.7. The molecule has 0 nitrogen and oxygen atoms in total. The van der Waals surface area contributed by atoms with E-state index in [1.807, 2.05) is 0 Å². The molecule has 33 heavy (non-hydrogen) atoms. The average Bonchev–Trinajstić information content (AvgIpc) is 3.45. The molecule has 8 heteroatoms. The van der Waals surface area contributed by atoms with Crippen LogP contribution in [0.5, 0.6) is 0 Å². The van der Waals surface area contributed by atoms with Crippen LogP contribution in [-0.4, -0.2) is 5.92 Å². The van der Waals surface area contributed by atoms with Crippen molar-refractivity contribution in [2.45, 2.75) is 17.8 Å². The molecule has 2 heterocycles. The van der Waals surface area contributed by atoms with Crippen molar-refractivity contribution in [3.63, 3.8) is 0 Å². The van der Waals surface area contributed by atoms with Gasteiger partial charge in [-0.1, -0.05) is 60.7 Å². The summed E-state index contributed by atoms with van der Waals surface area (Å²) in [4.78, 5) is 1.09. The van der Waals surface area contributed by atoms with E-state index >= 15 is 0 Å². The van der Waals surface area contributed by atoms with Crippen LogP contribution in [-0.2, 0) is 11.8 Å². The van der Waals surface area contributed by atoms with E-state index in [2.05, 4.69) is 0 Å². The lowest BCUT2D eigenvalue weighted by atomic mass is 9.99. The maximum atomic E-state index is 15.0. The minimum absolute atomic E-state index is 0.246. The first-order chi connectivity index (χ1) is 15.6. The van der Waals surface area contributed by atoms with Crippen molar-refractivity contribution in [1.82, 2.24) is 0 Å². The quantitative estimate of drug-likeness (QED) is 0.216. The minimum atomic E-state index is -5.53. The fourth-order valence-corrected chi connectivity index (χ4v) is 6.91. The summed E-state index contributed by atoms with van der Waals surface area (Å²) < 4.78 is 89.6. The topological polar surface area (TPSA) is 0 Å². The summed E-state index contributed by atoms with van der Waals surface area (Å²) in [7, 11) is 0. The molecule has 0 aliphatic heterocycles. The highest BCUT2D eigenvalue weighted by molar-refractivity contribution is 7.30. The van der Waals surface area contributed by atoms with E-state index in [0.717, 1.165) is 22.7 Å². The van der Waals surface area contributed by atoms with E-state index in [4.69, 9.17) is 0 Å². The van der Waals surface area contributed by atoms with Crippen LogP contribution in [0, 0.1) is 0 Å². The molecule has 0 saturated carbocycles. The second kappa shape index (κ2) is 6.61. The molecule has 0 N–H and O–H groups in total. The Morgan fingerprint density at radius 1 is 0.515 bits per heavy atom. The molecule has 5 aromatic rings. The Bertz CT molecular complexity index is 1420. The van der Waals surface area contributed by atoms with Crippen molar-refractivity contribution in [2.75, 3.05) is 0 Å². The van der Waals surface area contributed by atoms with Gasteiger partial charge in [0.25, 0.3) is 0 Å². The maximum absolute atomic E-state index is 15.0. The van der Waals surface area contributed by atoms with Gasteiger partial charge in [-0.2, -0.15) is 26.3 Å². The Kier molecular flexibility index (Phi) is 4.15. The molecule has 2 aromatic heterocycles. The number of alkyl halides is 6. The third-order valence-electron chi connectivity index (χ3n) is 5.99. The van der Waals surface area contributed by atoms with Crippen LogP contribution in [0.25, 0.3) is 41.1 Å². The number of rotatable bonds is 2. The number of hydrogen-bond donors (Lipinski definition) is 0. The second-order valence-electron chi connectivity index (χ2n) is 7.91. The molecular formula is C25H12F6S2. The van der Waals surface area contributed by atoms with E-state index < -0.39 is 28.9 Å². The largest absolute Gasteiger partial charge is 0.380 e. The van der Waals surface area contributed by atoms with Gasteiger partial charge in [0.05, 0.1) is 9.40 Å². The predicted molar refractivity (Wildman–Crippen MR) is 121 cm³/mol. The van der Waals surface area contributed by atoms with E-state index in [9.17, 15) is 26.3 Å². The second-order valence-corrected chi connectivity index (χ2v) is 10.0. The third-order valence-corrected chi connectivity index (χ3v) is 8.52. The first-order valence-corrected chi connectivity index (χ1v) is 11.6. The van der Waals surface area contributed by atoms with Gasteiger partial charge in [-0.25, -0.2) is 0 Å². The van der Waals surface area contributed by atoms with Crippen molar-refractivity contribution in [1.29, 1.82) is 0 Å². The van der Waals surface area contributed by atoms with Crippen LogP contribution >= 0.6 is 22.7 Å². The number of hydrogen-bond acceptors (Lipinski definition) is 2. The van der Waals surface area contributed by atoms with Crippen LogP contribution < -0.4 is 0 Å². The Labute approximate surface area is 191 Å². The van der Waals surface area contributed by atoms with Crippen LogP contribution in [0.2, 0.25) is 0 Å². The van der Waals surface area contributed by atoms with Crippen molar-refractivity contribution in [3.05, 3.63) is 83.9 Å². The molecule has 166 valence electrons. The summed E-state index contributed by atoms with van der Waals surface area (Å²) >= 11 is 2.29. The van der Waals surface area contributed by atoms with Gasteiger partial charge in [-0.15, -0.1) is 22.7 Å². The lowest BCUT2D eigenvalue weighted by molar-refractivity contribution is -0.301. The molecule has 0 unspecified atom stereocenters. The van der Waals surface area contributed by atoms with E-state index in [0.29, 0.717) is 30.3 Å². The molecule has 6 rings (SSSR count). The highest BCUT2D eigenvalue weighted by Gasteiger charge is 2.80. The summed E-state index contributed by atoms with van der Waals surface area (Å²) in [5, 5.41) is -0.491. The van der Waals surface area contributed by atoms with Gasteiger partial charge < -0.3 is 0 Å². The fourth-order valence-electron chi connectivity index (χ4n) is 4.41. The monoisotopic (exact) mass is 490 g/mol. The molecule has 0 atom stereocenters. The van der Waals surface area contributed by atoms with Crippen molar-refractivity contribution >= 4 is 42.8 Å². The van der Waals surface area contributed by atoms with Crippen molar-refractivity contribution in [3.8, 4) is 20.9 Å². The summed E-state index contributed by atoms with van der Waals surface area (Å²) in [6, 6.07) is 20.3. The smallest absolute Gasteiger partial charge is 0.194 e. The maximum Gasteiger partial charge on any atom is 0.380 e. The van der Waals surface area contributed by atoms with Crippen LogP contribution in [0.15, 0.2) is 72.8 Å². The zero-order chi connectivity index (χ0) is 23.2. The van der Waals surface area contributed by atoms with E-state index in [1.165, 1.54) is 12.1 Å². The minimum Gasteiger partial charge on any atom is -0.194 e. The van der Waals surface area contributed by atoms with Gasteiger partial charge in [0, 0.05) is 31.7 Å². The van der Waals surface area contributed by atoms with E-state index in [1.54, 1.807) is 60.7 Å². The van der Waals surface area contributed by atoms with Gasteiger partial charge in [-0.05, 0) is 23.3 Å². The first-order valence-electron chi connectivity index (χ1n) is 9.93. The average molecular weight is 490 g/mol. The molecule has 3 aromatic carbocycles. The van der Waals surface area contributed by atoms with E-state index in [-0.39, 0.29) is 10.8 Å². The van der Waals surface area contributed by atoms with Gasteiger partial charge in [0.1, 0.15) is 0 Å². The summed E-state index contributed by atoms with van der Waals surface area (Å²) in [5.41, 5.74) is -1.15. The molecule has 0 fully saturated rings. The van der Waals surface area contributed by atoms with Gasteiger partial charge in [0.15, 0.2) is 0 Å². The molecule has 0 spiro atoms. The zero-order valence-electron chi connectivity index (χ0n) is 16.5. The van der Waals surface area contributed by atoms with Gasteiger partial charge in [-0.3, -0.25) is 0 Å². The van der Waals surface area contributed by atoms with Gasteiger partial charge in [0.2, 0.25) is 0 Å². The Morgan fingerprint density at radius 2 is 0.879 bits per heavy atom. The lowest BCUT2D eigenvalue weighted by Gasteiger charge is -2.23. The van der Waals surface area contributed by atoms with Crippen LogP contribution in [0.3, 0.4) is 0 Å². The Hall–Kier alpha value is -2.84. The molecule has 0 radical (unpaired) electrons. The van der Waals surface area contributed by atoms with Crippen molar-refractivity contribution < 1.29 is 26.3 Å². The van der Waals surface area contributed by atoms with Gasteiger partial charge >= 0.3 is 17.8 Å². The third kappa shape index (κ3) is 2.59. The summed E-state index contributed by atoms with van der Waals surface area (Å²) in [5.74, 6) is -15.6. The molecular weight excluding hydrogens is 478 g/mol. The highest BCUT2D eigenvalue weighted by atomic mass is 32.1. The van der Waals surface area contributed by atoms with Crippen molar-refractivity contribution in [2.24, 2.45) is 0 Å². The molecule has 0 saturated heterocycles. The standard InChI is InChI=1S/C25H12F6S2/c26-23(27)19-15-11-17(13-7-3-1-4-8-13)32-21(15)22-16(20(19)24(28,29)25(23,30)31)12-18(33-22)14-9-5-2-6-10-14/h1-12H. The number of benzene rings is 3. The predicted octanol–water partition coefficient (Wildman–Crippen LogP) is 9.28. The fraction of sp³-hybridized carbons (Fsp3) is 0.120. The highest BCUT2D eigenvalue weighted by Crippen LogP contribution is 2.67. The molecule has 1 aliphatic carbocycles. The lowest BCUT2D eigenvalue weighted by Crippen LogP contribution is -2.43. The number of thiophene rings is 2. The normalized spacial score (nSPS) is 18.1. The Balaban J connectivity index is 1.78. The zero-order valence-corrected chi connectivity index (χ0v) is 18.1. The molecule has 0 bridgehead atoms. The Morgan fingerprint density at radius 3 is 1.24 bits per heavy atom. The van der Waals surface area contributed by atoms with Crippen LogP contribution in [0.1, 0.15) is 11.1 Å². The number of fused-ring (bicyclic) bond motifs is 6. The SMILES string of the molecule is FC1(F)c2c(c3cc(-c4ccccc4)sc3c3sc(-c4ccccc4)cc23)C(F)(F)C1(F)F. The summed E-state index contributed by atoms with van der Waals surface area (Å²) in [6.45, 7) is 0.